The van der Waals surface area contributed by atoms with Crippen LogP contribution in [0.2, 0.25) is 0 Å². The van der Waals surface area contributed by atoms with Crippen LogP contribution in [-0.4, -0.2) is 4.92 Å². The van der Waals surface area contributed by atoms with Crippen LogP contribution in [0.15, 0.2) is 30.3 Å². The number of hydrogen-bond donors (Lipinski definition) is 1. The molecule has 4 nitrogen and oxygen atoms in total. The standard InChI is InChI=1S/C11H8F2N2O2S/c12-7-3-8(13)5-9(4-7)14-6-10-1-2-11(18-10)15(16)17/h1-5,14H,6H2. The first kappa shape index (κ1) is 12.4. The minimum Gasteiger partial charge on any atom is -0.380 e. The van der Waals surface area contributed by atoms with E-state index in [1.165, 1.54) is 6.07 Å². The van der Waals surface area contributed by atoms with Crippen LogP contribution in [0.3, 0.4) is 0 Å². The van der Waals surface area contributed by atoms with Crippen LogP contribution in [0.5, 0.6) is 0 Å². The molecule has 0 fully saturated rings. The van der Waals surface area contributed by atoms with Crippen LogP contribution < -0.4 is 5.32 Å². The Morgan fingerprint density at radius 2 is 1.89 bits per heavy atom. The van der Waals surface area contributed by atoms with E-state index in [0.29, 0.717) is 10.6 Å². The summed E-state index contributed by atoms with van der Waals surface area (Å²) in [5, 5.41) is 13.3. The summed E-state index contributed by atoms with van der Waals surface area (Å²) < 4.78 is 25.8. The normalized spacial score (nSPS) is 10.3. The molecule has 0 spiro atoms. The number of anilines is 1. The highest BCUT2D eigenvalue weighted by Gasteiger charge is 2.09. The Morgan fingerprint density at radius 3 is 2.44 bits per heavy atom. The highest BCUT2D eigenvalue weighted by atomic mass is 32.1. The Kier molecular flexibility index (Phi) is 3.52. The lowest BCUT2D eigenvalue weighted by Crippen LogP contribution is -1.98. The average Bonchev–Trinajstić information content (AvgIpc) is 2.73. The van der Waals surface area contributed by atoms with Gasteiger partial charge in [0.1, 0.15) is 11.6 Å². The maximum Gasteiger partial charge on any atom is 0.324 e. The maximum absolute atomic E-state index is 12.9. The fraction of sp³-hybridized carbons (Fsp3) is 0.0909. The zero-order valence-electron chi connectivity index (χ0n) is 9.02. The largest absolute Gasteiger partial charge is 0.380 e. The SMILES string of the molecule is O=[N+]([O-])c1ccc(CNc2cc(F)cc(F)c2)s1. The van der Waals surface area contributed by atoms with E-state index in [1.54, 1.807) is 6.07 Å². The minimum absolute atomic E-state index is 0.0391. The molecule has 1 N–H and O–H groups in total. The van der Waals surface area contributed by atoms with Gasteiger partial charge in [0.2, 0.25) is 0 Å². The van der Waals surface area contributed by atoms with E-state index in [2.05, 4.69) is 5.32 Å². The molecule has 0 aliphatic rings. The molecule has 0 aliphatic carbocycles. The van der Waals surface area contributed by atoms with Crippen molar-refractivity contribution < 1.29 is 13.7 Å². The predicted molar refractivity (Wildman–Crippen MR) is 64.7 cm³/mol. The molecule has 18 heavy (non-hydrogen) atoms. The first-order valence-corrected chi connectivity index (χ1v) is 5.79. The predicted octanol–water partition coefficient (Wildman–Crippen LogP) is 3.55. The number of halogens is 2. The third kappa shape index (κ3) is 3.01. The van der Waals surface area contributed by atoms with E-state index < -0.39 is 16.6 Å². The number of rotatable bonds is 4. The first-order chi connectivity index (χ1) is 8.54. The van der Waals surface area contributed by atoms with Crippen LogP contribution in [0.1, 0.15) is 4.88 Å². The van der Waals surface area contributed by atoms with Gasteiger partial charge in [0, 0.05) is 29.2 Å². The van der Waals surface area contributed by atoms with E-state index in [-0.39, 0.29) is 11.5 Å². The van der Waals surface area contributed by atoms with E-state index in [9.17, 15) is 18.9 Å². The summed E-state index contributed by atoms with van der Waals surface area (Å²) in [7, 11) is 0. The van der Waals surface area contributed by atoms with E-state index in [4.69, 9.17) is 0 Å². The van der Waals surface area contributed by atoms with Gasteiger partial charge in [-0.25, -0.2) is 8.78 Å². The summed E-state index contributed by atoms with van der Waals surface area (Å²) in [6, 6.07) is 6.09. The average molecular weight is 270 g/mol. The van der Waals surface area contributed by atoms with Gasteiger partial charge in [0.05, 0.1) is 4.92 Å². The molecule has 1 heterocycles. The summed E-state index contributed by atoms with van der Waals surface area (Å²) in [5.74, 6) is -1.34. The van der Waals surface area contributed by atoms with Crippen molar-refractivity contribution >= 4 is 22.0 Å². The van der Waals surface area contributed by atoms with Crippen molar-refractivity contribution in [3.8, 4) is 0 Å². The highest BCUT2D eigenvalue weighted by molar-refractivity contribution is 7.15. The molecular weight excluding hydrogens is 262 g/mol. The lowest BCUT2D eigenvalue weighted by atomic mass is 10.3. The second kappa shape index (κ2) is 5.09. The van der Waals surface area contributed by atoms with E-state index in [1.807, 2.05) is 0 Å². The Morgan fingerprint density at radius 1 is 1.22 bits per heavy atom. The lowest BCUT2D eigenvalue weighted by molar-refractivity contribution is -0.380. The van der Waals surface area contributed by atoms with Gasteiger partial charge in [-0.3, -0.25) is 10.1 Å². The van der Waals surface area contributed by atoms with Gasteiger partial charge in [-0.05, 0) is 18.2 Å². The molecule has 0 bridgehead atoms. The number of thiophene rings is 1. The van der Waals surface area contributed by atoms with Crippen LogP contribution in [0.4, 0.5) is 19.5 Å². The molecule has 0 unspecified atom stereocenters. The molecule has 0 atom stereocenters. The molecule has 1 aromatic heterocycles. The van der Waals surface area contributed by atoms with Crippen LogP contribution >= 0.6 is 11.3 Å². The number of benzene rings is 1. The van der Waals surface area contributed by atoms with Gasteiger partial charge in [-0.1, -0.05) is 11.3 Å². The second-order valence-corrected chi connectivity index (χ2v) is 4.66. The van der Waals surface area contributed by atoms with Crippen LogP contribution in [0, 0.1) is 21.7 Å². The van der Waals surface area contributed by atoms with E-state index in [0.717, 1.165) is 29.5 Å². The van der Waals surface area contributed by atoms with Gasteiger partial charge < -0.3 is 5.32 Å². The van der Waals surface area contributed by atoms with Gasteiger partial charge in [-0.15, -0.1) is 0 Å². The number of nitrogens with one attached hydrogen (secondary N) is 1. The van der Waals surface area contributed by atoms with Crippen molar-refractivity contribution in [1.82, 2.24) is 0 Å². The van der Waals surface area contributed by atoms with Crippen molar-refractivity contribution in [3.63, 3.8) is 0 Å². The number of nitrogens with zero attached hydrogens (tertiary/aromatic N) is 1. The molecule has 2 rings (SSSR count). The van der Waals surface area contributed by atoms with Crippen molar-refractivity contribution in [3.05, 3.63) is 57.0 Å². The van der Waals surface area contributed by atoms with Crippen molar-refractivity contribution in [2.75, 3.05) is 5.32 Å². The molecule has 94 valence electrons. The zero-order chi connectivity index (χ0) is 13.1. The summed E-state index contributed by atoms with van der Waals surface area (Å²) in [6.07, 6.45) is 0. The first-order valence-electron chi connectivity index (χ1n) is 4.97. The molecule has 0 radical (unpaired) electrons. The molecule has 0 amide bonds. The summed E-state index contributed by atoms with van der Waals surface area (Å²) in [5.41, 5.74) is 0.295. The molecular formula is C11H8F2N2O2S. The molecule has 7 heteroatoms. The molecule has 0 aliphatic heterocycles. The van der Waals surface area contributed by atoms with Gasteiger partial charge in [-0.2, -0.15) is 0 Å². The topological polar surface area (TPSA) is 55.2 Å². The molecule has 0 saturated carbocycles. The Hall–Kier alpha value is -2.02. The number of nitro groups is 1. The lowest BCUT2D eigenvalue weighted by Gasteiger charge is -2.04. The van der Waals surface area contributed by atoms with Crippen LogP contribution in [0.25, 0.3) is 0 Å². The van der Waals surface area contributed by atoms with Crippen molar-refractivity contribution in [2.24, 2.45) is 0 Å². The second-order valence-electron chi connectivity index (χ2n) is 3.51. The van der Waals surface area contributed by atoms with Gasteiger partial charge in [0.25, 0.3) is 0 Å². The quantitative estimate of drug-likeness (QED) is 0.682. The van der Waals surface area contributed by atoms with Gasteiger partial charge >= 0.3 is 5.00 Å². The third-order valence-corrected chi connectivity index (χ3v) is 3.19. The Bertz CT molecular complexity index is 566. The summed E-state index contributed by atoms with van der Waals surface area (Å²) in [6.45, 7) is 0.279. The third-order valence-electron chi connectivity index (χ3n) is 2.16. The Balaban J connectivity index is 2.04. The highest BCUT2D eigenvalue weighted by Crippen LogP contribution is 2.24. The monoisotopic (exact) mass is 270 g/mol. The maximum atomic E-state index is 12.9. The summed E-state index contributed by atoms with van der Waals surface area (Å²) >= 11 is 1.02. The number of hydrogen-bond acceptors (Lipinski definition) is 4. The van der Waals surface area contributed by atoms with Crippen molar-refractivity contribution in [1.29, 1.82) is 0 Å². The zero-order valence-corrected chi connectivity index (χ0v) is 9.84. The van der Waals surface area contributed by atoms with E-state index >= 15 is 0 Å². The minimum atomic E-state index is -0.672. The molecule has 1 aromatic carbocycles. The smallest absolute Gasteiger partial charge is 0.324 e. The molecule has 0 saturated heterocycles. The fourth-order valence-corrected chi connectivity index (χ4v) is 2.16. The molecule has 2 aromatic rings. The van der Waals surface area contributed by atoms with Crippen LogP contribution in [-0.2, 0) is 6.54 Å². The van der Waals surface area contributed by atoms with Crippen molar-refractivity contribution in [2.45, 2.75) is 6.54 Å². The Labute approximate surface area is 105 Å². The summed E-state index contributed by atoms with van der Waals surface area (Å²) in [4.78, 5) is 10.7. The van der Waals surface area contributed by atoms with Gasteiger partial charge in [0.15, 0.2) is 0 Å². The fourth-order valence-electron chi connectivity index (χ4n) is 1.40.